The largest absolute Gasteiger partial charge is 0.412 e. The van der Waals surface area contributed by atoms with Crippen molar-refractivity contribution in [2.75, 3.05) is 0 Å². The summed E-state index contributed by atoms with van der Waals surface area (Å²) in [5, 5.41) is 3.09. The summed E-state index contributed by atoms with van der Waals surface area (Å²) >= 11 is 0. The summed E-state index contributed by atoms with van der Waals surface area (Å²) in [5.74, 6) is 0. The zero-order chi connectivity index (χ0) is 12.9. The van der Waals surface area contributed by atoms with Gasteiger partial charge in [0.1, 0.15) is 0 Å². The van der Waals surface area contributed by atoms with Crippen LogP contribution in [0.3, 0.4) is 0 Å². The third-order valence-corrected chi connectivity index (χ3v) is 2.89. The molecule has 1 nitrogen and oxygen atoms in total. The van der Waals surface area contributed by atoms with Crippen LogP contribution in [0.5, 0.6) is 0 Å². The lowest BCUT2D eigenvalue weighted by Crippen LogP contribution is -2.27. The summed E-state index contributed by atoms with van der Waals surface area (Å²) in [6.45, 7) is 5.65. The average Bonchev–Trinajstić information content (AvgIpc) is 2.28. The van der Waals surface area contributed by atoms with Crippen LogP contribution in [-0.2, 0) is 0 Å². The molecule has 0 saturated heterocycles. The zero-order valence-corrected chi connectivity index (χ0v) is 9.98. The van der Waals surface area contributed by atoms with E-state index in [1.165, 1.54) is 6.08 Å². The maximum atomic E-state index is 12.4. The minimum atomic E-state index is -4.19. The van der Waals surface area contributed by atoms with Crippen LogP contribution < -0.4 is 5.32 Å². The van der Waals surface area contributed by atoms with E-state index in [4.69, 9.17) is 0 Å². The van der Waals surface area contributed by atoms with Gasteiger partial charge in [-0.25, -0.2) is 0 Å². The number of hydrogen-bond acceptors (Lipinski definition) is 1. The van der Waals surface area contributed by atoms with Crippen LogP contribution >= 0.6 is 0 Å². The van der Waals surface area contributed by atoms with Crippen LogP contribution in [0, 0.1) is 0 Å². The lowest BCUT2D eigenvalue weighted by Gasteiger charge is -2.24. The van der Waals surface area contributed by atoms with Gasteiger partial charge >= 0.3 is 6.18 Å². The molecule has 0 spiro atoms. The molecule has 0 fully saturated rings. The lowest BCUT2D eigenvalue weighted by atomic mass is 9.91. The molecular weight excluding hydrogens is 227 g/mol. The summed E-state index contributed by atoms with van der Waals surface area (Å²) in [7, 11) is 0. The minimum absolute atomic E-state index is 0.0777. The van der Waals surface area contributed by atoms with E-state index in [1.54, 1.807) is 12.3 Å². The van der Waals surface area contributed by atoms with E-state index in [2.05, 4.69) is 18.8 Å². The summed E-state index contributed by atoms with van der Waals surface area (Å²) in [6.07, 6.45) is 2.66. The van der Waals surface area contributed by atoms with Gasteiger partial charge in [0.15, 0.2) is 0 Å². The molecule has 1 aliphatic carbocycles. The molecule has 0 radical (unpaired) electrons. The van der Waals surface area contributed by atoms with E-state index in [0.717, 1.165) is 18.4 Å². The molecule has 0 heterocycles. The Morgan fingerprint density at radius 2 is 2.12 bits per heavy atom. The molecule has 1 rings (SSSR count). The highest BCUT2D eigenvalue weighted by atomic mass is 19.4. The fraction of sp³-hybridized carbons (Fsp3) is 0.538. The molecule has 0 bridgehead atoms. The second-order valence-electron chi connectivity index (χ2n) is 4.14. The van der Waals surface area contributed by atoms with Gasteiger partial charge in [-0.15, -0.1) is 0 Å². The first-order valence-corrected chi connectivity index (χ1v) is 5.82. The van der Waals surface area contributed by atoms with Crippen LogP contribution in [0.4, 0.5) is 13.2 Å². The molecular formula is C13H18F3N. The summed E-state index contributed by atoms with van der Waals surface area (Å²) in [5.41, 5.74) is 0.592. The predicted molar refractivity (Wildman–Crippen MR) is 63.5 cm³/mol. The van der Waals surface area contributed by atoms with E-state index in [9.17, 15) is 13.2 Å². The second kappa shape index (κ2) is 5.94. The highest BCUT2D eigenvalue weighted by Gasteiger charge is 2.34. The Morgan fingerprint density at radius 3 is 2.53 bits per heavy atom. The number of rotatable bonds is 5. The third-order valence-electron chi connectivity index (χ3n) is 2.89. The minimum Gasteiger partial charge on any atom is -0.385 e. The molecule has 4 heteroatoms. The van der Waals surface area contributed by atoms with E-state index < -0.39 is 11.7 Å². The normalized spacial score (nSPS) is 18.1. The Balaban J connectivity index is 2.76. The van der Waals surface area contributed by atoms with Crippen molar-refractivity contribution in [2.45, 2.75) is 44.8 Å². The van der Waals surface area contributed by atoms with Gasteiger partial charge < -0.3 is 5.32 Å². The highest BCUT2D eigenvalue weighted by Crippen LogP contribution is 2.33. The number of alkyl halides is 3. The molecule has 1 unspecified atom stereocenters. The van der Waals surface area contributed by atoms with Gasteiger partial charge in [0.2, 0.25) is 0 Å². The van der Waals surface area contributed by atoms with Crippen molar-refractivity contribution in [2.24, 2.45) is 0 Å². The standard InChI is InChI=1S/C13H18F3N/c1-3-5-12(17-4-2)10-6-8-11(9-7-10)13(14,15)16/h4,6,8,12,17H,2-3,5,7,9H2,1H3. The fourth-order valence-corrected chi connectivity index (χ4v) is 1.99. The Bertz CT molecular complexity index is 326. The Kier molecular flexibility index (Phi) is 4.85. The first-order valence-electron chi connectivity index (χ1n) is 5.82. The van der Waals surface area contributed by atoms with Gasteiger partial charge in [0.25, 0.3) is 0 Å². The Morgan fingerprint density at radius 1 is 1.41 bits per heavy atom. The van der Waals surface area contributed by atoms with Crippen molar-refractivity contribution in [3.8, 4) is 0 Å². The zero-order valence-electron chi connectivity index (χ0n) is 9.98. The topological polar surface area (TPSA) is 12.0 Å². The number of hydrogen-bond donors (Lipinski definition) is 1. The fourth-order valence-electron chi connectivity index (χ4n) is 1.99. The predicted octanol–water partition coefficient (Wildman–Crippen LogP) is 4.10. The van der Waals surface area contributed by atoms with E-state index in [-0.39, 0.29) is 12.5 Å². The van der Waals surface area contributed by atoms with Crippen LogP contribution in [-0.4, -0.2) is 12.2 Å². The summed E-state index contributed by atoms with van der Waals surface area (Å²) in [6, 6.07) is 0.114. The van der Waals surface area contributed by atoms with E-state index in [1.807, 2.05) is 0 Å². The highest BCUT2D eigenvalue weighted by molar-refractivity contribution is 5.29. The van der Waals surface area contributed by atoms with Crippen molar-refractivity contribution in [1.29, 1.82) is 0 Å². The molecule has 0 aliphatic heterocycles. The molecule has 96 valence electrons. The molecule has 1 N–H and O–H groups in total. The molecule has 1 atom stereocenters. The van der Waals surface area contributed by atoms with Crippen molar-refractivity contribution >= 4 is 0 Å². The smallest absolute Gasteiger partial charge is 0.385 e. The van der Waals surface area contributed by atoms with Crippen molar-refractivity contribution in [3.05, 3.63) is 36.1 Å². The molecule has 1 aliphatic rings. The van der Waals surface area contributed by atoms with Gasteiger partial charge in [-0.05, 0) is 31.0 Å². The van der Waals surface area contributed by atoms with Crippen LogP contribution in [0.1, 0.15) is 32.6 Å². The average molecular weight is 245 g/mol. The summed E-state index contributed by atoms with van der Waals surface area (Å²) < 4.78 is 37.3. The van der Waals surface area contributed by atoms with Crippen molar-refractivity contribution < 1.29 is 13.2 Å². The number of nitrogens with one attached hydrogen (secondary N) is 1. The van der Waals surface area contributed by atoms with Gasteiger partial charge in [-0.3, -0.25) is 0 Å². The second-order valence-corrected chi connectivity index (χ2v) is 4.14. The maximum absolute atomic E-state index is 12.4. The Hall–Kier alpha value is -1.19. The molecule has 0 aromatic carbocycles. The Labute approximate surface area is 100 Å². The van der Waals surface area contributed by atoms with Gasteiger partial charge in [-0.1, -0.05) is 32.1 Å². The van der Waals surface area contributed by atoms with Crippen molar-refractivity contribution in [3.63, 3.8) is 0 Å². The van der Waals surface area contributed by atoms with Crippen LogP contribution in [0.25, 0.3) is 0 Å². The third kappa shape index (κ3) is 3.95. The van der Waals surface area contributed by atoms with Crippen LogP contribution in [0.15, 0.2) is 36.1 Å². The van der Waals surface area contributed by atoms with Gasteiger partial charge in [-0.2, -0.15) is 13.2 Å². The van der Waals surface area contributed by atoms with Crippen LogP contribution in [0.2, 0.25) is 0 Å². The van der Waals surface area contributed by atoms with Gasteiger partial charge in [0, 0.05) is 11.6 Å². The molecule has 0 aromatic heterocycles. The monoisotopic (exact) mass is 245 g/mol. The lowest BCUT2D eigenvalue weighted by molar-refractivity contribution is -0.0941. The number of halogens is 3. The first-order chi connectivity index (χ1) is 7.99. The SMILES string of the molecule is C=CNC(CCC)C1=CC=C(C(F)(F)F)CC1. The van der Waals surface area contributed by atoms with E-state index >= 15 is 0 Å². The number of allylic oxidation sites excluding steroid dienone is 3. The molecule has 0 saturated carbocycles. The van der Waals surface area contributed by atoms with E-state index in [0.29, 0.717) is 6.42 Å². The summed E-state index contributed by atoms with van der Waals surface area (Å²) in [4.78, 5) is 0. The quantitative estimate of drug-likeness (QED) is 0.769. The van der Waals surface area contributed by atoms with Gasteiger partial charge in [0.05, 0.1) is 0 Å². The molecule has 0 aromatic rings. The first kappa shape index (κ1) is 13.9. The molecule has 0 amide bonds. The maximum Gasteiger partial charge on any atom is 0.412 e. The molecule has 17 heavy (non-hydrogen) atoms. The van der Waals surface area contributed by atoms with Crippen molar-refractivity contribution in [1.82, 2.24) is 5.32 Å².